The number of hydrogen-bond donors (Lipinski definition) is 1. The molecular formula is C30H20N4O4S. The molecule has 8 nitrogen and oxygen atoms in total. The van der Waals surface area contributed by atoms with Crippen LogP contribution in [0, 0.1) is 10.1 Å². The highest BCUT2D eigenvalue weighted by Crippen LogP contribution is 2.39. The van der Waals surface area contributed by atoms with Gasteiger partial charge in [-0.05, 0) is 35.9 Å². The van der Waals surface area contributed by atoms with E-state index in [1.54, 1.807) is 30.5 Å². The number of ketones is 1. The summed E-state index contributed by atoms with van der Waals surface area (Å²) >= 11 is 1.17. The molecule has 0 unspecified atom stereocenters. The Hall–Kier alpha value is -5.02. The van der Waals surface area contributed by atoms with Crippen molar-refractivity contribution in [1.82, 2.24) is 14.5 Å². The number of benzene rings is 4. The molecule has 190 valence electrons. The van der Waals surface area contributed by atoms with Crippen LogP contribution in [-0.4, -0.2) is 25.2 Å². The number of hydrogen-bond acceptors (Lipinski definition) is 6. The molecule has 1 atom stereocenters. The number of nitro benzene ring substituents is 1. The number of rotatable bonds is 7. The molecule has 6 rings (SSSR count). The molecule has 4 aromatic carbocycles. The monoisotopic (exact) mass is 532 g/mol. The first-order valence-corrected chi connectivity index (χ1v) is 13.0. The largest absolute Gasteiger partial charge is 0.360 e. The number of aromatic nitrogens is 3. The molecule has 0 fully saturated rings. The Bertz CT molecular complexity index is 1910. The van der Waals surface area contributed by atoms with Gasteiger partial charge in [0.25, 0.3) is 11.2 Å². The van der Waals surface area contributed by atoms with Gasteiger partial charge in [-0.3, -0.25) is 24.3 Å². The summed E-state index contributed by atoms with van der Waals surface area (Å²) in [5, 5.41) is 12.0. The predicted molar refractivity (Wildman–Crippen MR) is 152 cm³/mol. The highest BCUT2D eigenvalue weighted by atomic mass is 32.2. The van der Waals surface area contributed by atoms with E-state index in [0.29, 0.717) is 27.3 Å². The number of carbonyl (C=O) groups is 1. The van der Waals surface area contributed by atoms with Crippen LogP contribution in [0.3, 0.4) is 0 Å². The number of H-pyrrole nitrogens is 1. The summed E-state index contributed by atoms with van der Waals surface area (Å²) in [6, 6.07) is 29.7. The Kier molecular flexibility index (Phi) is 6.26. The van der Waals surface area contributed by atoms with Crippen LogP contribution in [0.1, 0.15) is 21.2 Å². The fourth-order valence-corrected chi connectivity index (χ4v) is 5.75. The van der Waals surface area contributed by atoms with Gasteiger partial charge in [0.05, 0.1) is 21.5 Å². The SMILES string of the molecule is O=C(c1c[nH]c2ccccc12)[C@@H](Sc1nc2ccccc2c(=O)n1-c1ccc([N+](=O)[O-])cc1)c1ccccc1. The van der Waals surface area contributed by atoms with Crippen molar-refractivity contribution >= 4 is 45.0 Å². The minimum absolute atomic E-state index is 0.0913. The van der Waals surface area contributed by atoms with E-state index in [1.807, 2.05) is 54.6 Å². The topological polar surface area (TPSA) is 111 Å². The van der Waals surface area contributed by atoms with E-state index in [0.717, 1.165) is 16.5 Å². The Labute approximate surface area is 226 Å². The van der Waals surface area contributed by atoms with Crippen LogP contribution in [0.5, 0.6) is 0 Å². The number of nitrogens with one attached hydrogen (secondary N) is 1. The summed E-state index contributed by atoms with van der Waals surface area (Å²) in [7, 11) is 0. The standard InChI is InChI=1S/C30H20N4O4S/c35-27(24-18-31-25-12-6-4-10-22(24)25)28(19-8-2-1-3-9-19)39-30-32-26-13-7-5-11-23(26)29(36)33(30)20-14-16-21(17-15-20)34(37)38/h1-18,28,31H/t28-/m0/s1. The second-order valence-corrected chi connectivity index (χ2v) is 9.92. The molecule has 0 aliphatic rings. The average Bonchev–Trinajstić information content (AvgIpc) is 3.40. The van der Waals surface area contributed by atoms with Crippen LogP contribution < -0.4 is 5.56 Å². The molecule has 0 aliphatic heterocycles. The van der Waals surface area contributed by atoms with Crippen LogP contribution in [0.25, 0.3) is 27.5 Å². The third-order valence-electron chi connectivity index (χ3n) is 6.48. The minimum atomic E-state index is -0.720. The maximum atomic E-state index is 14.1. The van der Waals surface area contributed by atoms with E-state index < -0.39 is 10.2 Å². The van der Waals surface area contributed by atoms with Gasteiger partial charge in [0.15, 0.2) is 10.9 Å². The van der Waals surface area contributed by atoms with Crippen LogP contribution in [0.4, 0.5) is 5.69 Å². The first-order valence-electron chi connectivity index (χ1n) is 12.1. The Morgan fingerprint density at radius 2 is 1.54 bits per heavy atom. The maximum absolute atomic E-state index is 14.1. The Morgan fingerprint density at radius 1 is 0.872 bits per heavy atom. The van der Waals surface area contributed by atoms with Gasteiger partial charge in [-0.1, -0.05) is 72.4 Å². The van der Waals surface area contributed by atoms with E-state index in [9.17, 15) is 19.7 Å². The molecule has 2 heterocycles. The smallest absolute Gasteiger partial charge is 0.269 e. The van der Waals surface area contributed by atoms with E-state index in [-0.39, 0.29) is 17.0 Å². The number of carbonyl (C=O) groups excluding carboxylic acids is 1. The zero-order valence-electron chi connectivity index (χ0n) is 20.4. The average molecular weight is 533 g/mol. The maximum Gasteiger partial charge on any atom is 0.269 e. The first-order chi connectivity index (χ1) is 19.0. The van der Waals surface area contributed by atoms with Crippen molar-refractivity contribution in [3.63, 3.8) is 0 Å². The number of nitro groups is 1. The molecule has 9 heteroatoms. The van der Waals surface area contributed by atoms with E-state index >= 15 is 0 Å². The quantitative estimate of drug-likeness (QED) is 0.0827. The van der Waals surface area contributed by atoms with Crippen molar-refractivity contribution in [1.29, 1.82) is 0 Å². The summed E-state index contributed by atoms with van der Waals surface area (Å²) in [6.45, 7) is 0. The van der Waals surface area contributed by atoms with Gasteiger partial charge in [-0.25, -0.2) is 4.98 Å². The summed E-state index contributed by atoms with van der Waals surface area (Å²) < 4.78 is 1.41. The first kappa shape index (κ1) is 24.3. The van der Waals surface area contributed by atoms with Crippen molar-refractivity contribution in [3.8, 4) is 5.69 Å². The van der Waals surface area contributed by atoms with E-state index in [4.69, 9.17) is 4.98 Å². The summed E-state index contributed by atoms with van der Waals surface area (Å²) in [4.78, 5) is 46.5. The molecule has 1 N–H and O–H groups in total. The number of aromatic amines is 1. The number of Topliss-reactive ketones (excluding diaryl/α,β-unsaturated/α-hetero) is 1. The number of non-ortho nitro benzene ring substituents is 1. The fourth-order valence-electron chi connectivity index (χ4n) is 4.57. The van der Waals surface area contributed by atoms with Gasteiger partial charge in [0.1, 0.15) is 5.25 Å². The lowest BCUT2D eigenvalue weighted by Crippen LogP contribution is -2.23. The molecule has 0 saturated carbocycles. The van der Waals surface area contributed by atoms with Gasteiger partial charge < -0.3 is 4.98 Å². The van der Waals surface area contributed by atoms with Crippen molar-refractivity contribution in [3.05, 3.63) is 141 Å². The molecule has 39 heavy (non-hydrogen) atoms. The molecule has 2 aromatic heterocycles. The summed E-state index contributed by atoms with van der Waals surface area (Å²) in [6.07, 6.45) is 1.71. The summed E-state index contributed by atoms with van der Waals surface area (Å²) in [5.74, 6) is -0.138. The van der Waals surface area contributed by atoms with Crippen LogP contribution in [0.15, 0.2) is 119 Å². The van der Waals surface area contributed by atoms with Crippen LogP contribution >= 0.6 is 11.8 Å². The molecule has 0 saturated heterocycles. The van der Waals surface area contributed by atoms with Gasteiger partial charge >= 0.3 is 0 Å². The van der Waals surface area contributed by atoms with Gasteiger partial charge in [0.2, 0.25) is 0 Å². The number of nitrogens with zero attached hydrogens (tertiary/aromatic N) is 3. The normalized spacial score (nSPS) is 12.0. The third-order valence-corrected chi connectivity index (χ3v) is 7.69. The van der Waals surface area contributed by atoms with E-state index in [1.165, 1.54) is 40.6 Å². The Morgan fingerprint density at radius 3 is 2.28 bits per heavy atom. The van der Waals surface area contributed by atoms with Crippen LogP contribution in [0.2, 0.25) is 0 Å². The molecule has 0 bridgehead atoms. The van der Waals surface area contributed by atoms with Crippen molar-refractivity contribution in [2.24, 2.45) is 0 Å². The molecule has 0 amide bonds. The number of para-hydroxylation sites is 2. The molecule has 0 aliphatic carbocycles. The molecule has 0 spiro atoms. The molecule has 6 aromatic rings. The van der Waals surface area contributed by atoms with E-state index in [2.05, 4.69) is 4.98 Å². The number of fused-ring (bicyclic) bond motifs is 2. The van der Waals surface area contributed by atoms with Crippen molar-refractivity contribution in [2.75, 3.05) is 0 Å². The zero-order chi connectivity index (χ0) is 26.9. The van der Waals surface area contributed by atoms with Gasteiger partial charge in [0, 0.05) is 34.8 Å². The van der Waals surface area contributed by atoms with Crippen LogP contribution in [-0.2, 0) is 0 Å². The lowest BCUT2D eigenvalue weighted by atomic mass is 10.0. The zero-order valence-corrected chi connectivity index (χ0v) is 21.2. The minimum Gasteiger partial charge on any atom is -0.360 e. The lowest BCUT2D eigenvalue weighted by molar-refractivity contribution is -0.384. The van der Waals surface area contributed by atoms with Crippen molar-refractivity contribution < 1.29 is 9.72 Å². The fraction of sp³-hybridized carbons (Fsp3) is 0.0333. The van der Waals surface area contributed by atoms with Gasteiger partial charge in [-0.15, -0.1) is 0 Å². The Balaban J connectivity index is 1.53. The highest BCUT2D eigenvalue weighted by Gasteiger charge is 2.28. The van der Waals surface area contributed by atoms with Gasteiger partial charge in [-0.2, -0.15) is 0 Å². The number of thioether (sulfide) groups is 1. The third kappa shape index (κ3) is 4.49. The lowest BCUT2D eigenvalue weighted by Gasteiger charge is -2.19. The second kappa shape index (κ2) is 10.0. The predicted octanol–water partition coefficient (Wildman–Crippen LogP) is 6.49. The summed E-state index contributed by atoms with van der Waals surface area (Å²) in [5.41, 5.74) is 2.64. The van der Waals surface area contributed by atoms with Crippen molar-refractivity contribution in [2.45, 2.75) is 10.4 Å². The highest BCUT2D eigenvalue weighted by molar-refractivity contribution is 8.00. The second-order valence-electron chi connectivity index (χ2n) is 8.85. The molecule has 0 radical (unpaired) electrons. The molecular weight excluding hydrogens is 512 g/mol.